The number of aromatic nitrogens is 1. The van der Waals surface area contributed by atoms with Crippen LogP contribution in [0.15, 0.2) is 54.7 Å². The van der Waals surface area contributed by atoms with Crippen LogP contribution >= 0.6 is 0 Å². The van der Waals surface area contributed by atoms with E-state index in [-0.39, 0.29) is 17.3 Å². The van der Waals surface area contributed by atoms with E-state index in [1.807, 2.05) is 43.5 Å². The van der Waals surface area contributed by atoms with E-state index in [9.17, 15) is 4.79 Å². The molecule has 2 aromatic carbocycles. The van der Waals surface area contributed by atoms with Crippen LogP contribution in [0.3, 0.4) is 0 Å². The molecular weight excluding hydrogens is 350 g/mol. The lowest BCUT2D eigenvalue weighted by molar-refractivity contribution is -0.144. The van der Waals surface area contributed by atoms with Gasteiger partial charge in [0.1, 0.15) is 12.4 Å². The summed E-state index contributed by atoms with van der Waals surface area (Å²) in [7, 11) is 0. The molecule has 0 aliphatic carbocycles. The lowest BCUT2D eigenvalue weighted by Gasteiger charge is -2.30. The molecule has 0 spiro atoms. The van der Waals surface area contributed by atoms with E-state index < -0.39 is 0 Å². The van der Waals surface area contributed by atoms with Crippen LogP contribution < -0.4 is 4.74 Å². The Morgan fingerprint density at radius 3 is 2.54 bits per heavy atom. The fourth-order valence-electron chi connectivity index (χ4n) is 3.52. The minimum absolute atomic E-state index is 0.0651. The third kappa shape index (κ3) is 4.75. The minimum atomic E-state index is -0.153. The summed E-state index contributed by atoms with van der Waals surface area (Å²) >= 11 is 0. The van der Waals surface area contributed by atoms with Gasteiger partial charge in [0.25, 0.3) is 0 Å². The summed E-state index contributed by atoms with van der Waals surface area (Å²) in [5.74, 6) is 0.735. The Bertz CT molecular complexity index is 922. The standard InChI is InChI=1S/C24H29NO3/c1-5-27-23(26)14-21(24(2,3)4)20-15-25-22-13-18(11-12-19(20)22)28-16-17-9-7-6-8-10-17/h6-13,15,21,25H,5,14,16H2,1-4H3. The van der Waals surface area contributed by atoms with E-state index in [4.69, 9.17) is 9.47 Å². The molecule has 3 rings (SSSR count). The molecule has 0 aliphatic heterocycles. The fraction of sp³-hybridized carbons (Fsp3) is 0.375. The Balaban J connectivity index is 1.82. The van der Waals surface area contributed by atoms with Gasteiger partial charge in [0.05, 0.1) is 13.0 Å². The van der Waals surface area contributed by atoms with Crippen molar-refractivity contribution in [2.75, 3.05) is 6.61 Å². The van der Waals surface area contributed by atoms with E-state index >= 15 is 0 Å². The molecule has 0 saturated heterocycles. The number of carbonyl (C=O) groups is 1. The number of ether oxygens (including phenoxy) is 2. The quantitative estimate of drug-likeness (QED) is 0.526. The van der Waals surface area contributed by atoms with Crippen molar-refractivity contribution in [1.29, 1.82) is 0 Å². The Labute approximate surface area is 166 Å². The number of benzene rings is 2. The minimum Gasteiger partial charge on any atom is -0.489 e. The normalized spacial score (nSPS) is 12.7. The molecule has 3 aromatic rings. The Morgan fingerprint density at radius 2 is 1.86 bits per heavy atom. The van der Waals surface area contributed by atoms with Crippen LogP contribution in [0.4, 0.5) is 0 Å². The first-order valence-corrected chi connectivity index (χ1v) is 9.82. The van der Waals surface area contributed by atoms with E-state index in [2.05, 4.69) is 44.0 Å². The Hall–Kier alpha value is -2.75. The zero-order valence-electron chi connectivity index (χ0n) is 17.1. The number of hydrogen-bond donors (Lipinski definition) is 1. The molecule has 0 fully saturated rings. The zero-order valence-corrected chi connectivity index (χ0v) is 17.1. The first-order chi connectivity index (χ1) is 13.4. The fourth-order valence-corrected chi connectivity index (χ4v) is 3.52. The van der Waals surface area contributed by atoms with E-state index in [0.717, 1.165) is 27.8 Å². The van der Waals surface area contributed by atoms with E-state index in [0.29, 0.717) is 19.6 Å². The first-order valence-electron chi connectivity index (χ1n) is 9.82. The molecule has 0 bridgehead atoms. The molecule has 28 heavy (non-hydrogen) atoms. The first kappa shape index (κ1) is 20.0. The van der Waals surface area contributed by atoms with Crippen molar-refractivity contribution in [3.8, 4) is 5.75 Å². The molecule has 1 aromatic heterocycles. The molecule has 0 radical (unpaired) electrons. The average Bonchev–Trinajstić information content (AvgIpc) is 3.07. The highest BCUT2D eigenvalue weighted by Crippen LogP contribution is 2.41. The van der Waals surface area contributed by atoms with Crippen molar-refractivity contribution in [2.45, 2.75) is 46.6 Å². The second kappa shape index (κ2) is 8.51. The summed E-state index contributed by atoms with van der Waals surface area (Å²) in [6, 6.07) is 16.2. The summed E-state index contributed by atoms with van der Waals surface area (Å²) in [6.45, 7) is 9.26. The zero-order chi connectivity index (χ0) is 20.1. The van der Waals surface area contributed by atoms with Gasteiger partial charge in [-0.05, 0) is 35.6 Å². The van der Waals surface area contributed by atoms with Gasteiger partial charge in [-0.25, -0.2) is 0 Å². The molecule has 1 atom stereocenters. The maximum absolute atomic E-state index is 12.2. The summed E-state index contributed by atoms with van der Waals surface area (Å²) in [4.78, 5) is 15.5. The van der Waals surface area contributed by atoms with Crippen LogP contribution in [0.25, 0.3) is 10.9 Å². The van der Waals surface area contributed by atoms with Crippen LogP contribution in [0.5, 0.6) is 5.75 Å². The predicted octanol–water partition coefficient (Wildman–Crippen LogP) is 5.83. The lowest BCUT2D eigenvalue weighted by Crippen LogP contribution is -2.22. The number of rotatable bonds is 7. The smallest absolute Gasteiger partial charge is 0.306 e. The molecular formula is C24H29NO3. The van der Waals surface area contributed by atoms with Crippen molar-refractivity contribution in [2.24, 2.45) is 5.41 Å². The monoisotopic (exact) mass is 379 g/mol. The number of carbonyl (C=O) groups excluding carboxylic acids is 1. The van der Waals surface area contributed by atoms with Gasteiger partial charge in [-0.2, -0.15) is 0 Å². The number of H-pyrrole nitrogens is 1. The number of hydrogen-bond acceptors (Lipinski definition) is 3. The molecule has 0 aliphatic rings. The maximum Gasteiger partial charge on any atom is 0.306 e. The number of esters is 1. The number of nitrogens with one attached hydrogen (secondary N) is 1. The van der Waals surface area contributed by atoms with Crippen LogP contribution in [0.2, 0.25) is 0 Å². The summed E-state index contributed by atoms with van der Waals surface area (Å²) in [5, 5.41) is 1.12. The topological polar surface area (TPSA) is 51.3 Å². The van der Waals surface area contributed by atoms with Gasteiger partial charge < -0.3 is 14.5 Å². The van der Waals surface area contributed by atoms with Crippen molar-refractivity contribution in [3.63, 3.8) is 0 Å². The van der Waals surface area contributed by atoms with Crippen LogP contribution in [-0.2, 0) is 16.1 Å². The summed E-state index contributed by atoms with van der Waals surface area (Å²) < 4.78 is 11.1. The summed E-state index contributed by atoms with van der Waals surface area (Å²) in [6.07, 6.45) is 2.39. The molecule has 1 unspecified atom stereocenters. The maximum atomic E-state index is 12.2. The third-order valence-corrected chi connectivity index (χ3v) is 5.03. The van der Waals surface area contributed by atoms with Gasteiger partial charge in [-0.3, -0.25) is 4.79 Å². The molecule has 0 amide bonds. The van der Waals surface area contributed by atoms with Gasteiger partial charge in [0.15, 0.2) is 0 Å². The molecule has 1 heterocycles. The van der Waals surface area contributed by atoms with E-state index in [1.54, 1.807) is 0 Å². The van der Waals surface area contributed by atoms with Gasteiger partial charge in [0, 0.05) is 29.1 Å². The Kier molecular flexibility index (Phi) is 6.08. The number of fused-ring (bicyclic) bond motifs is 1. The van der Waals surface area contributed by atoms with E-state index in [1.165, 1.54) is 0 Å². The Morgan fingerprint density at radius 1 is 1.11 bits per heavy atom. The lowest BCUT2D eigenvalue weighted by atomic mass is 9.74. The van der Waals surface area contributed by atoms with Crippen molar-refractivity contribution < 1.29 is 14.3 Å². The largest absolute Gasteiger partial charge is 0.489 e. The van der Waals surface area contributed by atoms with Gasteiger partial charge in [0.2, 0.25) is 0 Å². The highest BCUT2D eigenvalue weighted by atomic mass is 16.5. The highest BCUT2D eigenvalue weighted by Gasteiger charge is 2.31. The van der Waals surface area contributed by atoms with Crippen molar-refractivity contribution in [3.05, 3.63) is 65.9 Å². The van der Waals surface area contributed by atoms with Gasteiger partial charge >= 0.3 is 5.97 Å². The van der Waals surface area contributed by atoms with Crippen LogP contribution in [-0.4, -0.2) is 17.6 Å². The molecule has 148 valence electrons. The predicted molar refractivity (Wildman–Crippen MR) is 113 cm³/mol. The van der Waals surface area contributed by atoms with Crippen molar-refractivity contribution >= 4 is 16.9 Å². The average molecular weight is 380 g/mol. The van der Waals surface area contributed by atoms with Gasteiger partial charge in [-0.1, -0.05) is 51.1 Å². The third-order valence-electron chi connectivity index (χ3n) is 5.03. The summed E-state index contributed by atoms with van der Waals surface area (Å²) in [5.41, 5.74) is 3.23. The number of aromatic amines is 1. The molecule has 4 nitrogen and oxygen atoms in total. The van der Waals surface area contributed by atoms with Crippen molar-refractivity contribution in [1.82, 2.24) is 4.98 Å². The van der Waals surface area contributed by atoms with Crippen LogP contribution in [0.1, 0.15) is 51.2 Å². The molecule has 0 saturated carbocycles. The van der Waals surface area contributed by atoms with Crippen LogP contribution in [0, 0.1) is 5.41 Å². The SMILES string of the molecule is CCOC(=O)CC(c1c[nH]c2cc(OCc3ccccc3)ccc12)C(C)(C)C. The molecule has 4 heteroatoms. The van der Waals surface area contributed by atoms with Gasteiger partial charge in [-0.15, -0.1) is 0 Å². The second-order valence-corrected chi connectivity index (χ2v) is 8.15. The molecule has 1 N–H and O–H groups in total. The second-order valence-electron chi connectivity index (χ2n) is 8.15. The highest BCUT2D eigenvalue weighted by molar-refractivity contribution is 5.86.